The van der Waals surface area contributed by atoms with Gasteiger partial charge < -0.3 is 18.9 Å². The summed E-state index contributed by atoms with van der Waals surface area (Å²) in [5.74, 6) is 0.863. The number of ether oxygens (including phenoxy) is 4. The highest BCUT2D eigenvalue weighted by atomic mass is 35.5. The fourth-order valence-corrected chi connectivity index (χ4v) is 5.12. The maximum Gasteiger partial charge on any atom is 0.240 e. The number of nitrogens with zero attached hydrogens (tertiary/aromatic N) is 6. The van der Waals surface area contributed by atoms with Gasteiger partial charge in [0, 0.05) is 25.6 Å². The zero-order valence-corrected chi connectivity index (χ0v) is 22.3. The molecule has 0 spiro atoms. The third-order valence-corrected chi connectivity index (χ3v) is 7.83. The molecule has 4 atom stereocenters. The van der Waals surface area contributed by atoms with E-state index in [4.69, 9.17) is 30.5 Å². The predicted octanol–water partition coefficient (Wildman–Crippen LogP) is 2.29. The van der Waals surface area contributed by atoms with Crippen LogP contribution in [0.2, 0.25) is 5.02 Å². The molecule has 4 rings (SSSR count). The van der Waals surface area contributed by atoms with Crippen molar-refractivity contribution >= 4 is 27.6 Å². The topological polar surface area (TPSA) is 152 Å². The van der Waals surface area contributed by atoms with Crippen molar-refractivity contribution in [2.24, 2.45) is 0 Å². The molecule has 0 amide bonds. The van der Waals surface area contributed by atoms with E-state index < -0.39 is 27.4 Å². The number of rotatable bonds is 10. The first-order valence-electron chi connectivity index (χ1n) is 11.4. The summed E-state index contributed by atoms with van der Waals surface area (Å²) in [6, 6.07) is 4.77. The van der Waals surface area contributed by atoms with Crippen LogP contribution < -0.4 is 9.46 Å². The molecule has 0 aromatic carbocycles. The van der Waals surface area contributed by atoms with Crippen molar-refractivity contribution in [1.82, 2.24) is 29.7 Å². The van der Waals surface area contributed by atoms with Gasteiger partial charge in [0.25, 0.3) is 0 Å². The lowest BCUT2D eigenvalue weighted by atomic mass is 10.1. The van der Waals surface area contributed by atoms with Crippen LogP contribution in [0.4, 0.5) is 5.95 Å². The first-order chi connectivity index (χ1) is 17.7. The smallest absolute Gasteiger partial charge is 0.240 e. The Kier molecular flexibility index (Phi) is 8.54. The fraction of sp³-hybridized carbons (Fsp3) is 0.500. The summed E-state index contributed by atoms with van der Waals surface area (Å²) in [6.45, 7) is 4.58. The Morgan fingerprint density at radius 3 is 2.57 bits per heavy atom. The van der Waals surface area contributed by atoms with E-state index in [2.05, 4.69) is 29.9 Å². The van der Waals surface area contributed by atoms with E-state index in [-0.39, 0.29) is 17.9 Å². The van der Waals surface area contributed by atoms with Gasteiger partial charge in [0.15, 0.2) is 11.6 Å². The third kappa shape index (κ3) is 5.99. The molecule has 3 aromatic rings. The number of methoxy groups -OCH3 is 2. The van der Waals surface area contributed by atoms with Crippen LogP contribution >= 0.6 is 11.6 Å². The van der Waals surface area contributed by atoms with E-state index >= 15 is 0 Å². The Bertz CT molecular complexity index is 1300. The van der Waals surface area contributed by atoms with Gasteiger partial charge in [-0.2, -0.15) is 0 Å². The molecule has 1 aliphatic rings. The van der Waals surface area contributed by atoms with Crippen LogP contribution in [0, 0.1) is 0 Å². The lowest BCUT2D eigenvalue weighted by molar-refractivity contribution is -0.104. The molecule has 0 aliphatic carbocycles. The maximum absolute atomic E-state index is 13.5. The monoisotopic (exact) mass is 553 g/mol. The second-order valence-electron chi connectivity index (χ2n) is 8.28. The van der Waals surface area contributed by atoms with E-state index in [1.54, 1.807) is 22.8 Å². The van der Waals surface area contributed by atoms with E-state index in [9.17, 15) is 8.42 Å². The summed E-state index contributed by atoms with van der Waals surface area (Å²) in [6.07, 6.45) is 1.41. The molecule has 0 bridgehead atoms. The number of hydrogen-bond donors (Lipinski definition) is 1. The van der Waals surface area contributed by atoms with Crippen molar-refractivity contribution in [2.75, 3.05) is 38.8 Å². The highest BCUT2D eigenvalue weighted by Crippen LogP contribution is 2.31. The Hall–Kier alpha value is -2.91. The Morgan fingerprint density at radius 1 is 1.16 bits per heavy atom. The van der Waals surface area contributed by atoms with Gasteiger partial charge in [0.1, 0.15) is 23.2 Å². The van der Waals surface area contributed by atoms with Crippen molar-refractivity contribution in [3.05, 3.63) is 41.4 Å². The van der Waals surface area contributed by atoms with Crippen molar-refractivity contribution < 1.29 is 27.4 Å². The van der Waals surface area contributed by atoms with Gasteiger partial charge in [-0.3, -0.25) is 9.29 Å². The standard InChI is InChI=1S/C22H28ClN7O6S/c1-13(17-12-35-8-9-36-17)30-21(16-6-5-7-18(26-16)33-3)27-28-22(30)29-37(31,32)14(2)19(34-4)20-24-10-15(23)11-25-20/h5-7,10-11,13-14,17,19H,8-9,12H2,1-4H3,(H,28,29)/t13?,14?,17-,19?/m1/s1. The second kappa shape index (κ2) is 11.6. The SMILES string of the molecule is COc1cccc(-c2nnc(NS(=O)(=O)C(C)C(OC)c3ncc(Cl)cn3)n2C(C)[C@H]2COCCO2)n1. The number of aromatic nitrogens is 6. The molecule has 3 unspecified atom stereocenters. The number of sulfonamides is 1. The number of nitrogens with one attached hydrogen (secondary N) is 1. The van der Waals surface area contributed by atoms with Gasteiger partial charge in [-0.05, 0) is 19.9 Å². The fourth-order valence-electron chi connectivity index (χ4n) is 3.88. The van der Waals surface area contributed by atoms with Gasteiger partial charge in [-0.1, -0.05) is 17.7 Å². The van der Waals surface area contributed by atoms with Crippen molar-refractivity contribution in [1.29, 1.82) is 0 Å². The Balaban J connectivity index is 1.70. The average Bonchev–Trinajstić information content (AvgIpc) is 3.32. The van der Waals surface area contributed by atoms with Crippen LogP contribution in [0.25, 0.3) is 11.5 Å². The maximum atomic E-state index is 13.5. The van der Waals surface area contributed by atoms with Gasteiger partial charge >= 0.3 is 0 Å². The second-order valence-corrected chi connectivity index (χ2v) is 10.7. The van der Waals surface area contributed by atoms with Crippen LogP contribution in [0.5, 0.6) is 5.88 Å². The van der Waals surface area contributed by atoms with E-state index in [0.29, 0.717) is 42.2 Å². The van der Waals surface area contributed by atoms with Crippen molar-refractivity contribution in [3.8, 4) is 17.4 Å². The van der Waals surface area contributed by atoms with Gasteiger partial charge in [-0.15, -0.1) is 10.2 Å². The molecule has 1 saturated heterocycles. The molecule has 1 aliphatic heterocycles. The van der Waals surface area contributed by atoms with Crippen molar-refractivity contribution in [2.45, 2.75) is 37.3 Å². The molecule has 200 valence electrons. The molecule has 3 aromatic heterocycles. The molecular weight excluding hydrogens is 526 g/mol. The van der Waals surface area contributed by atoms with E-state index in [0.717, 1.165) is 0 Å². The summed E-state index contributed by atoms with van der Waals surface area (Å²) in [5, 5.41) is 7.63. The summed E-state index contributed by atoms with van der Waals surface area (Å²) < 4.78 is 53.3. The summed E-state index contributed by atoms with van der Waals surface area (Å²) in [5.41, 5.74) is 0.443. The lowest BCUT2D eigenvalue weighted by Gasteiger charge is -2.30. The lowest BCUT2D eigenvalue weighted by Crippen LogP contribution is -2.37. The molecule has 37 heavy (non-hydrogen) atoms. The summed E-state index contributed by atoms with van der Waals surface area (Å²) in [4.78, 5) is 12.7. The summed E-state index contributed by atoms with van der Waals surface area (Å²) in [7, 11) is -1.19. The van der Waals surface area contributed by atoms with Gasteiger partial charge in [-0.25, -0.2) is 23.4 Å². The van der Waals surface area contributed by atoms with E-state index in [1.807, 2.05) is 6.92 Å². The average molecular weight is 554 g/mol. The Morgan fingerprint density at radius 2 is 1.92 bits per heavy atom. The van der Waals surface area contributed by atoms with Crippen molar-refractivity contribution in [3.63, 3.8) is 0 Å². The number of hydrogen-bond acceptors (Lipinski definition) is 11. The van der Waals surface area contributed by atoms with Crippen LogP contribution in [-0.4, -0.2) is 83.5 Å². The minimum atomic E-state index is -4.08. The zero-order valence-electron chi connectivity index (χ0n) is 20.7. The molecular formula is C22H28ClN7O6S. The largest absolute Gasteiger partial charge is 0.481 e. The van der Waals surface area contributed by atoms with E-state index in [1.165, 1.54) is 33.5 Å². The first kappa shape index (κ1) is 27.1. The first-order valence-corrected chi connectivity index (χ1v) is 13.3. The highest BCUT2D eigenvalue weighted by molar-refractivity contribution is 7.93. The van der Waals surface area contributed by atoms with Gasteiger partial charge in [0.2, 0.25) is 21.9 Å². The van der Waals surface area contributed by atoms with Crippen LogP contribution in [0.15, 0.2) is 30.6 Å². The third-order valence-electron chi connectivity index (χ3n) is 5.94. The molecule has 15 heteroatoms. The minimum absolute atomic E-state index is 0.0139. The van der Waals surface area contributed by atoms with Crippen LogP contribution in [0.3, 0.4) is 0 Å². The quantitative estimate of drug-likeness (QED) is 0.393. The number of halogens is 1. The molecule has 1 fully saturated rings. The van der Waals surface area contributed by atoms with Crippen LogP contribution in [0.1, 0.15) is 31.8 Å². The van der Waals surface area contributed by atoms with Crippen LogP contribution in [-0.2, 0) is 24.2 Å². The molecule has 0 radical (unpaired) electrons. The molecule has 13 nitrogen and oxygen atoms in total. The normalized spacial score (nSPS) is 18.7. The predicted molar refractivity (Wildman–Crippen MR) is 134 cm³/mol. The molecule has 0 saturated carbocycles. The number of anilines is 1. The highest BCUT2D eigenvalue weighted by Gasteiger charge is 2.36. The summed E-state index contributed by atoms with van der Waals surface area (Å²) >= 11 is 5.87. The molecule has 1 N–H and O–H groups in total. The molecule has 4 heterocycles. The number of pyridine rings is 1. The zero-order chi connectivity index (χ0) is 26.6. The van der Waals surface area contributed by atoms with Gasteiger partial charge in [0.05, 0.1) is 38.0 Å². The minimum Gasteiger partial charge on any atom is -0.481 e. The Labute approximate surface area is 219 Å².